The summed E-state index contributed by atoms with van der Waals surface area (Å²) < 4.78 is 1.75. The summed E-state index contributed by atoms with van der Waals surface area (Å²) in [6.07, 6.45) is 0. The van der Waals surface area contributed by atoms with Gasteiger partial charge in [0.15, 0.2) is 0 Å². The number of nitrogens with zero attached hydrogens (tertiary/aromatic N) is 1. The number of hydrogen-bond acceptors (Lipinski definition) is 3. The molecule has 0 radical (unpaired) electrons. The van der Waals surface area contributed by atoms with Gasteiger partial charge in [-0.3, -0.25) is 4.79 Å². The largest absolute Gasteiger partial charge is 0.493 e. The van der Waals surface area contributed by atoms with Crippen molar-refractivity contribution in [3.8, 4) is 17.3 Å². The van der Waals surface area contributed by atoms with E-state index in [1.54, 1.807) is 12.1 Å². The zero-order valence-corrected chi connectivity index (χ0v) is 11.0. The third-order valence-electron chi connectivity index (χ3n) is 1.92. The maximum absolute atomic E-state index is 11.2. The summed E-state index contributed by atoms with van der Waals surface area (Å²) in [6, 6.07) is 6.43. The Morgan fingerprint density at radius 1 is 1.19 bits per heavy atom. The van der Waals surface area contributed by atoms with E-state index < -0.39 is 0 Å². The Morgan fingerprint density at radius 3 is 2.56 bits per heavy atom. The summed E-state index contributed by atoms with van der Waals surface area (Å²) in [6.45, 7) is 0. The molecule has 0 spiro atoms. The first kappa shape index (κ1) is 11.3. The fourth-order valence-electron chi connectivity index (χ4n) is 1.22. The highest BCUT2D eigenvalue weighted by Gasteiger charge is 2.05. The second-order valence-electron chi connectivity index (χ2n) is 3.08. The van der Waals surface area contributed by atoms with E-state index in [2.05, 4.69) is 41.8 Å². The van der Waals surface area contributed by atoms with Crippen molar-refractivity contribution in [3.63, 3.8) is 0 Å². The van der Waals surface area contributed by atoms with Crippen LogP contribution in [0.1, 0.15) is 0 Å². The van der Waals surface area contributed by atoms with E-state index in [1.807, 2.05) is 6.07 Å². The minimum absolute atomic E-state index is 0.294. The second kappa shape index (κ2) is 4.39. The molecule has 0 unspecified atom stereocenters. The first-order valence-electron chi connectivity index (χ1n) is 4.32. The molecule has 0 aliphatic rings. The van der Waals surface area contributed by atoms with Gasteiger partial charge >= 0.3 is 0 Å². The van der Waals surface area contributed by atoms with E-state index in [4.69, 9.17) is 0 Å². The molecule has 0 amide bonds. The van der Waals surface area contributed by atoms with Crippen LogP contribution in [-0.2, 0) is 0 Å². The molecule has 0 aliphatic carbocycles. The highest BCUT2D eigenvalue weighted by Crippen LogP contribution is 2.27. The summed E-state index contributed by atoms with van der Waals surface area (Å²) in [7, 11) is 0. The number of aromatic amines is 1. The first-order chi connectivity index (χ1) is 7.56. The summed E-state index contributed by atoms with van der Waals surface area (Å²) in [4.78, 5) is 17.5. The lowest BCUT2D eigenvalue weighted by Crippen LogP contribution is -2.06. The normalized spacial score (nSPS) is 10.4. The SMILES string of the molecule is O=c1cc(O)nc(-c2ccc(Br)c(Br)c2)[nH]1. The second-order valence-corrected chi connectivity index (χ2v) is 4.79. The van der Waals surface area contributed by atoms with Crippen LogP contribution >= 0.6 is 31.9 Å². The van der Waals surface area contributed by atoms with Crippen LogP contribution in [0.5, 0.6) is 5.88 Å². The van der Waals surface area contributed by atoms with Gasteiger partial charge in [-0.15, -0.1) is 0 Å². The molecule has 0 atom stereocenters. The Bertz CT molecular complexity index is 596. The van der Waals surface area contributed by atoms with Crippen LogP contribution in [0.2, 0.25) is 0 Å². The smallest absolute Gasteiger partial charge is 0.254 e. The Labute approximate surface area is 108 Å². The number of halogens is 2. The zero-order valence-electron chi connectivity index (χ0n) is 7.87. The van der Waals surface area contributed by atoms with Crippen molar-refractivity contribution >= 4 is 31.9 Å². The van der Waals surface area contributed by atoms with Crippen LogP contribution < -0.4 is 5.56 Å². The van der Waals surface area contributed by atoms with Crippen LogP contribution in [0, 0.1) is 0 Å². The van der Waals surface area contributed by atoms with Gasteiger partial charge in [0.1, 0.15) is 5.82 Å². The number of benzene rings is 1. The van der Waals surface area contributed by atoms with Crippen LogP contribution in [0.4, 0.5) is 0 Å². The molecule has 0 saturated heterocycles. The van der Waals surface area contributed by atoms with Crippen LogP contribution in [0.15, 0.2) is 38.0 Å². The molecule has 2 N–H and O–H groups in total. The zero-order chi connectivity index (χ0) is 11.7. The quantitative estimate of drug-likeness (QED) is 0.835. The standard InChI is InChI=1S/C10H6Br2N2O2/c11-6-2-1-5(3-7(6)12)10-13-8(15)4-9(16)14-10/h1-4H,(H2,13,14,15,16). The average molecular weight is 346 g/mol. The molecule has 1 aromatic heterocycles. The molecule has 4 nitrogen and oxygen atoms in total. The predicted molar refractivity (Wildman–Crippen MR) is 67.4 cm³/mol. The lowest BCUT2D eigenvalue weighted by molar-refractivity contribution is 0.452. The molecular formula is C10H6Br2N2O2. The third kappa shape index (κ3) is 2.33. The molecular weight excluding hydrogens is 340 g/mol. The topological polar surface area (TPSA) is 66.0 Å². The Hall–Kier alpha value is -1.14. The fourth-order valence-corrected chi connectivity index (χ4v) is 1.85. The van der Waals surface area contributed by atoms with Crippen molar-refractivity contribution in [3.05, 3.63) is 43.6 Å². The molecule has 1 heterocycles. The Balaban J connectivity index is 2.58. The molecule has 0 fully saturated rings. The van der Waals surface area contributed by atoms with Gasteiger partial charge in [-0.25, -0.2) is 0 Å². The number of rotatable bonds is 1. The van der Waals surface area contributed by atoms with Gasteiger partial charge in [0.2, 0.25) is 5.88 Å². The van der Waals surface area contributed by atoms with E-state index in [0.29, 0.717) is 11.4 Å². The van der Waals surface area contributed by atoms with Gasteiger partial charge in [-0.1, -0.05) is 6.07 Å². The maximum atomic E-state index is 11.2. The monoisotopic (exact) mass is 344 g/mol. The summed E-state index contributed by atoms with van der Waals surface area (Å²) in [5.41, 5.74) is 0.324. The van der Waals surface area contributed by atoms with E-state index >= 15 is 0 Å². The van der Waals surface area contributed by atoms with Crippen molar-refractivity contribution in [1.82, 2.24) is 9.97 Å². The molecule has 0 bridgehead atoms. The molecule has 16 heavy (non-hydrogen) atoms. The lowest BCUT2D eigenvalue weighted by atomic mass is 10.2. The van der Waals surface area contributed by atoms with Crippen LogP contribution in [0.3, 0.4) is 0 Å². The van der Waals surface area contributed by atoms with Gasteiger partial charge in [0, 0.05) is 14.5 Å². The highest BCUT2D eigenvalue weighted by atomic mass is 79.9. The van der Waals surface area contributed by atoms with Gasteiger partial charge < -0.3 is 10.1 Å². The first-order valence-corrected chi connectivity index (χ1v) is 5.90. The Kier molecular flexibility index (Phi) is 3.11. The fraction of sp³-hybridized carbons (Fsp3) is 0. The van der Waals surface area contributed by atoms with Crippen LogP contribution in [0.25, 0.3) is 11.4 Å². The summed E-state index contributed by atoms with van der Waals surface area (Å²) in [5.74, 6) is 0.0380. The predicted octanol–water partition coefficient (Wildman–Crippen LogP) is 2.67. The van der Waals surface area contributed by atoms with Crippen molar-refractivity contribution in [2.75, 3.05) is 0 Å². The number of H-pyrrole nitrogens is 1. The highest BCUT2D eigenvalue weighted by molar-refractivity contribution is 9.13. The number of nitrogens with one attached hydrogen (secondary N) is 1. The average Bonchev–Trinajstić information content (AvgIpc) is 2.20. The molecule has 1 aromatic carbocycles. The minimum atomic E-state index is -0.387. The van der Waals surface area contributed by atoms with E-state index in [0.717, 1.165) is 15.0 Å². The third-order valence-corrected chi connectivity index (χ3v) is 3.80. The van der Waals surface area contributed by atoms with Crippen molar-refractivity contribution in [1.29, 1.82) is 0 Å². The van der Waals surface area contributed by atoms with Gasteiger partial charge in [-0.2, -0.15) is 4.98 Å². The Morgan fingerprint density at radius 2 is 1.94 bits per heavy atom. The van der Waals surface area contributed by atoms with Crippen molar-refractivity contribution in [2.24, 2.45) is 0 Å². The van der Waals surface area contributed by atoms with Gasteiger partial charge in [-0.05, 0) is 44.0 Å². The van der Waals surface area contributed by atoms with E-state index in [1.165, 1.54) is 0 Å². The lowest BCUT2D eigenvalue weighted by Gasteiger charge is -2.02. The number of aromatic nitrogens is 2. The molecule has 6 heteroatoms. The van der Waals surface area contributed by atoms with Gasteiger partial charge in [0.25, 0.3) is 5.56 Å². The summed E-state index contributed by atoms with van der Waals surface area (Å²) in [5, 5.41) is 9.23. The maximum Gasteiger partial charge on any atom is 0.254 e. The molecule has 2 rings (SSSR count). The molecule has 0 aliphatic heterocycles. The van der Waals surface area contributed by atoms with Gasteiger partial charge in [0.05, 0.1) is 6.07 Å². The van der Waals surface area contributed by atoms with E-state index in [9.17, 15) is 9.90 Å². The molecule has 0 saturated carbocycles. The molecule has 82 valence electrons. The van der Waals surface area contributed by atoms with Crippen molar-refractivity contribution in [2.45, 2.75) is 0 Å². The molecule has 2 aromatic rings. The summed E-state index contributed by atoms with van der Waals surface area (Å²) >= 11 is 6.69. The minimum Gasteiger partial charge on any atom is -0.493 e. The van der Waals surface area contributed by atoms with E-state index in [-0.39, 0.29) is 11.4 Å². The number of hydrogen-bond donors (Lipinski definition) is 2. The number of aromatic hydroxyl groups is 1. The van der Waals surface area contributed by atoms with Crippen LogP contribution in [-0.4, -0.2) is 15.1 Å². The van der Waals surface area contributed by atoms with Crippen molar-refractivity contribution < 1.29 is 5.11 Å².